The number of hydrogen-bond acceptors (Lipinski definition) is 3. The highest BCUT2D eigenvalue weighted by Gasteiger charge is 2.32. The highest BCUT2D eigenvalue weighted by Crippen LogP contribution is 2.26. The minimum absolute atomic E-state index is 0.171. The zero-order valence-corrected chi connectivity index (χ0v) is 12.0. The first-order chi connectivity index (χ1) is 9.19. The van der Waals surface area contributed by atoms with E-state index in [9.17, 15) is 5.11 Å². The van der Waals surface area contributed by atoms with Crippen LogP contribution in [0.2, 0.25) is 0 Å². The summed E-state index contributed by atoms with van der Waals surface area (Å²) in [7, 11) is 0. The second kappa shape index (κ2) is 6.51. The molecular formula is C16H25NO2. The van der Waals surface area contributed by atoms with Crippen LogP contribution in [0.4, 0.5) is 0 Å². The second-order valence-corrected chi connectivity index (χ2v) is 5.69. The molecule has 19 heavy (non-hydrogen) atoms. The third-order valence-electron chi connectivity index (χ3n) is 4.19. The largest absolute Gasteiger partial charge is 0.395 e. The number of ether oxygens (including phenoxy) is 1. The minimum Gasteiger partial charge on any atom is -0.395 e. The molecule has 0 aromatic heterocycles. The molecule has 1 fully saturated rings. The van der Waals surface area contributed by atoms with Crippen LogP contribution in [-0.2, 0) is 10.2 Å². The Bertz CT molecular complexity index is 382. The fourth-order valence-corrected chi connectivity index (χ4v) is 2.79. The maximum atomic E-state index is 9.87. The number of nitrogens with zero attached hydrogens (tertiary/aromatic N) is 1. The Morgan fingerprint density at radius 2 is 2.11 bits per heavy atom. The van der Waals surface area contributed by atoms with E-state index in [2.05, 4.69) is 30.9 Å². The van der Waals surface area contributed by atoms with E-state index >= 15 is 0 Å². The van der Waals surface area contributed by atoms with Gasteiger partial charge in [0.25, 0.3) is 0 Å². The summed E-state index contributed by atoms with van der Waals surface area (Å²) in [6.07, 6.45) is 1.09. The van der Waals surface area contributed by atoms with Crippen molar-refractivity contribution < 1.29 is 9.84 Å². The van der Waals surface area contributed by atoms with Crippen molar-refractivity contribution in [1.29, 1.82) is 0 Å². The molecule has 1 aliphatic heterocycles. The molecule has 2 unspecified atom stereocenters. The number of benzene rings is 1. The van der Waals surface area contributed by atoms with Gasteiger partial charge < -0.3 is 9.84 Å². The van der Waals surface area contributed by atoms with Crippen LogP contribution in [0, 0.1) is 0 Å². The Morgan fingerprint density at radius 1 is 1.37 bits per heavy atom. The Kier molecular flexibility index (Phi) is 4.97. The maximum absolute atomic E-state index is 9.87. The van der Waals surface area contributed by atoms with Gasteiger partial charge >= 0.3 is 0 Å². The fourth-order valence-electron chi connectivity index (χ4n) is 2.79. The van der Waals surface area contributed by atoms with Gasteiger partial charge in [-0.25, -0.2) is 0 Å². The van der Waals surface area contributed by atoms with Gasteiger partial charge in [-0.15, -0.1) is 0 Å². The summed E-state index contributed by atoms with van der Waals surface area (Å²) in [5, 5.41) is 9.87. The SMILES string of the molecule is CCC1COCCN1CC(C)(CO)c1ccccc1. The summed E-state index contributed by atoms with van der Waals surface area (Å²) >= 11 is 0. The van der Waals surface area contributed by atoms with Crippen LogP contribution in [0.25, 0.3) is 0 Å². The summed E-state index contributed by atoms with van der Waals surface area (Å²) in [5.41, 5.74) is 1.00. The first-order valence-corrected chi connectivity index (χ1v) is 7.18. The monoisotopic (exact) mass is 263 g/mol. The van der Waals surface area contributed by atoms with Crippen molar-refractivity contribution in [2.45, 2.75) is 31.7 Å². The topological polar surface area (TPSA) is 32.7 Å². The van der Waals surface area contributed by atoms with Crippen molar-refractivity contribution >= 4 is 0 Å². The van der Waals surface area contributed by atoms with E-state index in [1.54, 1.807) is 0 Å². The number of aliphatic hydroxyl groups excluding tert-OH is 1. The van der Waals surface area contributed by atoms with E-state index in [1.807, 2.05) is 18.2 Å². The summed E-state index contributed by atoms with van der Waals surface area (Å²) in [5.74, 6) is 0. The molecule has 0 saturated carbocycles. The molecule has 0 radical (unpaired) electrons. The average molecular weight is 263 g/mol. The summed E-state index contributed by atoms with van der Waals surface area (Å²) in [6.45, 7) is 7.97. The van der Waals surface area contributed by atoms with Crippen LogP contribution in [0.5, 0.6) is 0 Å². The molecule has 0 spiro atoms. The zero-order chi connectivity index (χ0) is 13.7. The molecule has 0 bridgehead atoms. The summed E-state index contributed by atoms with van der Waals surface area (Å²) in [4.78, 5) is 2.46. The standard InChI is InChI=1S/C16H25NO2/c1-3-15-11-19-10-9-17(15)12-16(2,13-18)14-7-5-4-6-8-14/h4-8,15,18H,3,9-13H2,1-2H3. The van der Waals surface area contributed by atoms with Gasteiger partial charge in [0.1, 0.15) is 0 Å². The molecule has 0 aliphatic carbocycles. The number of rotatable bonds is 5. The van der Waals surface area contributed by atoms with Gasteiger partial charge in [-0.3, -0.25) is 4.90 Å². The van der Waals surface area contributed by atoms with E-state index in [4.69, 9.17) is 4.74 Å². The Labute approximate surface area is 116 Å². The van der Waals surface area contributed by atoms with Gasteiger partial charge in [0.15, 0.2) is 0 Å². The zero-order valence-electron chi connectivity index (χ0n) is 12.0. The molecule has 106 valence electrons. The van der Waals surface area contributed by atoms with Gasteiger partial charge in [-0.2, -0.15) is 0 Å². The first kappa shape index (κ1) is 14.5. The maximum Gasteiger partial charge on any atom is 0.0622 e. The van der Waals surface area contributed by atoms with Crippen LogP contribution in [-0.4, -0.2) is 49.0 Å². The summed E-state index contributed by atoms with van der Waals surface area (Å²) in [6, 6.07) is 10.8. The van der Waals surface area contributed by atoms with Crippen molar-refractivity contribution in [3.63, 3.8) is 0 Å². The number of morpholine rings is 1. The molecule has 1 aliphatic rings. The smallest absolute Gasteiger partial charge is 0.0622 e. The predicted molar refractivity (Wildman–Crippen MR) is 77.4 cm³/mol. The quantitative estimate of drug-likeness (QED) is 0.882. The molecule has 3 heteroatoms. The minimum atomic E-state index is -0.202. The highest BCUT2D eigenvalue weighted by molar-refractivity contribution is 5.25. The molecule has 1 heterocycles. The van der Waals surface area contributed by atoms with E-state index in [0.29, 0.717) is 6.04 Å². The van der Waals surface area contributed by atoms with Crippen molar-refractivity contribution in [1.82, 2.24) is 4.90 Å². The lowest BCUT2D eigenvalue weighted by Crippen LogP contribution is -2.51. The number of hydrogen-bond donors (Lipinski definition) is 1. The van der Waals surface area contributed by atoms with E-state index in [-0.39, 0.29) is 12.0 Å². The Morgan fingerprint density at radius 3 is 2.74 bits per heavy atom. The highest BCUT2D eigenvalue weighted by atomic mass is 16.5. The molecular weight excluding hydrogens is 238 g/mol. The van der Waals surface area contributed by atoms with Crippen LogP contribution >= 0.6 is 0 Å². The molecule has 1 N–H and O–H groups in total. The fraction of sp³-hybridized carbons (Fsp3) is 0.625. The summed E-state index contributed by atoms with van der Waals surface area (Å²) < 4.78 is 5.55. The molecule has 2 rings (SSSR count). The lowest BCUT2D eigenvalue weighted by atomic mass is 9.82. The lowest BCUT2D eigenvalue weighted by Gasteiger charge is -2.41. The second-order valence-electron chi connectivity index (χ2n) is 5.69. The lowest BCUT2D eigenvalue weighted by molar-refractivity contribution is -0.0222. The third kappa shape index (κ3) is 3.35. The third-order valence-corrected chi connectivity index (χ3v) is 4.19. The molecule has 3 nitrogen and oxygen atoms in total. The van der Waals surface area contributed by atoms with Crippen LogP contribution in [0.3, 0.4) is 0 Å². The Hall–Kier alpha value is -0.900. The molecule has 2 atom stereocenters. The van der Waals surface area contributed by atoms with Crippen molar-refractivity contribution in [3.05, 3.63) is 35.9 Å². The van der Waals surface area contributed by atoms with Gasteiger partial charge in [0, 0.05) is 24.5 Å². The Balaban J connectivity index is 2.13. The van der Waals surface area contributed by atoms with Gasteiger partial charge in [-0.1, -0.05) is 44.2 Å². The van der Waals surface area contributed by atoms with Crippen molar-refractivity contribution in [2.24, 2.45) is 0 Å². The van der Waals surface area contributed by atoms with Crippen LogP contribution in [0.1, 0.15) is 25.8 Å². The predicted octanol–water partition coefficient (Wildman–Crippen LogP) is 2.05. The van der Waals surface area contributed by atoms with Crippen molar-refractivity contribution in [2.75, 3.05) is 32.9 Å². The molecule has 0 amide bonds. The van der Waals surface area contributed by atoms with Gasteiger partial charge in [0.2, 0.25) is 0 Å². The molecule has 1 aromatic rings. The normalized spacial score (nSPS) is 24.1. The van der Waals surface area contributed by atoms with Crippen LogP contribution < -0.4 is 0 Å². The number of aliphatic hydroxyl groups is 1. The van der Waals surface area contributed by atoms with Gasteiger partial charge in [0.05, 0.1) is 19.8 Å². The average Bonchev–Trinajstić information content (AvgIpc) is 2.48. The van der Waals surface area contributed by atoms with E-state index in [1.165, 1.54) is 5.56 Å². The molecule has 1 aromatic carbocycles. The first-order valence-electron chi connectivity index (χ1n) is 7.18. The van der Waals surface area contributed by atoms with Crippen LogP contribution in [0.15, 0.2) is 30.3 Å². The van der Waals surface area contributed by atoms with E-state index < -0.39 is 0 Å². The van der Waals surface area contributed by atoms with E-state index in [0.717, 1.165) is 32.7 Å². The van der Waals surface area contributed by atoms with Gasteiger partial charge in [-0.05, 0) is 12.0 Å². The molecule has 1 saturated heterocycles. The van der Waals surface area contributed by atoms with Crippen molar-refractivity contribution in [3.8, 4) is 0 Å².